The molecule has 1 atom stereocenters. The van der Waals surface area contributed by atoms with Crippen molar-refractivity contribution in [3.8, 4) is 0 Å². The van der Waals surface area contributed by atoms with Crippen molar-refractivity contribution < 1.29 is 9.52 Å². The van der Waals surface area contributed by atoms with E-state index in [1.807, 2.05) is 26.8 Å². The summed E-state index contributed by atoms with van der Waals surface area (Å²) in [5.41, 5.74) is -0.254. The van der Waals surface area contributed by atoms with Gasteiger partial charge >= 0.3 is 0 Å². The molecular weight excluding hydrogens is 328 g/mol. The number of unbranched alkanes of at least 4 members (excludes halogenated alkanes) is 1. The average molecular weight is 367 g/mol. The zero-order valence-electron chi connectivity index (χ0n) is 17.6. The van der Waals surface area contributed by atoms with E-state index in [-0.39, 0.29) is 6.54 Å². The Balaban J connectivity index is 2.53. The summed E-state index contributed by atoms with van der Waals surface area (Å²) in [5.74, 6) is 2.29. The number of hydrogen-bond acceptors (Lipinski definition) is 4. The first-order chi connectivity index (χ1) is 12.2. The van der Waals surface area contributed by atoms with Crippen LogP contribution in [0.2, 0.25) is 0 Å². The summed E-state index contributed by atoms with van der Waals surface area (Å²) in [7, 11) is 2.16. The van der Waals surface area contributed by atoms with Crippen LogP contribution in [0.5, 0.6) is 0 Å². The third-order valence-electron chi connectivity index (χ3n) is 4.62. The largest absolute Gasteiger partial charge is 0.466 e. The van der Waals surface area contributed by atoms with E-state index < -0.39 is 5.60 Å². The highest BCUT2D eigenvalue weighted by Gasteiger charge is 2.27. The molecule has 0 spiro atoms. The molecule has 6 nitrogen and oxygen atoms in total. The Hall–Kier alpha value is -1.53. The summed E-state index contributed by atoms with van der Waals surface area (Å²) in [6, 6.07) is 2.47. The van der Waals surface area contributed by atoms with Crippen LogP contribution in [-0.4, -0.2) is 55.2 Å². The van der Waals surface area contributed by atoms with Crippen molar-refractivity contribution in [1.82, 2.24) is 15.5 Å². The molecular formula is C20H38N4O2. The first-order valence-electron chi connectivity index (χ1n) is 9.69. The molecule has 0 aliphatic heterocycles. The zero-order chi connectivity index (χ0) is 19.7. The minimum absolute atomic E-state index is 0.276. The summed E-state index contributed by atoms with van der Waals surface area (Å²) in [6.45, 7) is 15.0. The van der Waals surface area contributed by atoms with Gasteiger partial charge in [-0.2, -0.15) is 0 Å². The second kappa shape index (κ2) is 10.6. The molecule has 1 unspecified atom stereocenters. The Kier molecular flexibility index (Phi) is 9.16. The number of hydrogen-bond donors (Lipinski definition) is 3. The number of nitrogens with one attached hydrogen (secondary N) is 2. The normalized spacial score (nSPS) is 14.8. The summed E-state index contributed by atoms with van der Waals surface area (Å²) >= 11 is 0. The molecule has 150 valence electrons. The van der Waals surface area contributed by atoms with Gasteiger partial charge in [-0.3, -0.25) is 0 Å². The Morgan fingerprint density at radius 3 is 2.54 bits per heavy atom. The van der Waals surface area contributed by atoms with Crippen molar-refractivity contribution in [2.75, 3.05) is 33.2 Å². The van der Waals surface area contributed by atoms with Crippen LogP contribution < -0.4 is 10.6 Å². The van der Waals surface area contributed by atoms with Crippen molar-refractivity contribution in [1.29, 1.82) is 0 Å². The molecule has 6 heteroatoms. The summed E-state index contributed by atoms with van der Waals surface area (Å²) in [6.07, 6.45) is 2.23. The lowest BCUT2D eigenvalue weighted by Crippen LogP contribution is -2.39. The zero-order valence-corrected chi connectivity index (χ0v) is 17.6. The van der Waals surface area contributed by atoms with E-state index >= 15 is 0 Å². The highest BCUT2D eigenvalue weighted by Crippen LogP contribution is 2.27. The summed E-state index contributed by atoms with van der Waals surface area (Å²) in [4.78, 5) is 6.92. The number of aliphatic hydroxyl groups is 1. The van der Waals surface area contributed by atoms with E-state index in [2.05, 4.69) is 41.4 Å². The van der Waals surface area contributed by atoms with Gasteiger partial charge in [0.1, 0.15) is 17.1 Å². The Morgan fingerprint density at radius 2 is 2.00 bits per heavy atom. The highest BCUT2D eigenvalue weighted by molar-refractivity contribution is 5.79. The third-order valence-corrected chi connectivity index (χ3v) is 4.62. The van der Waals surface area contributed by atoms with E-state index in [1.165, 1.54) is 0 Å². The van der Waals surface area contributed by atoms with Crippen LogP contribution in [0.25, 0.3) is 0 Å². The minimum Gasteiger partial charge on any atom is -0.466 e. The van der Waals surface area contributed by atoms with Crippen molar-refractivity contribution in [3.63, 3.8) is 0 Å². The lowest BCUT2D eigenvalue weighted by Gasteiger charge is -2.22. The number of aliphatic imine (C=N–C) groups is 1. The predicted molar refractivity (Wildman–Crippen MR) is 109 cm³/mol. The van der Waals surface area contributed by atoms with Gasteiger partial charge in [0.2, 0.25) is 0 Å². The Bertz CT molecular complexity index is 564. The van der Waals surface area contributed by atoms with Crippen molar-refractivity contribution in [2.45, 2.75) is 66.0 Å². The molecule has 0 saturated heterocycles. The van der Waals surface area contributed by atoms with Gasteiger partial charge in [0, 0.05) is 24.7 Å². The van der Waals surface area contributed by atoms with Crippen LogP contribution in [0.4, 0.5) is 0 Å². The van der Waals surface area contributed by atoms with Gasteiger partial charge < -0.3 is 25.1 Å². The summed E-state index contributed by atoms with van der Waals surface area (Å²) in [5, 5.41) is 17.4. The number of nitrogens with zero attached hydrogens (tertiary/aromatic N) is 2. The lowest BCUT2D eigenvalue weighted by atomic mass is 9.96. The molecule has 1 heterocycles. The summed E-state index contributed by atoms with van der Waals surface area (Å²) < 4.78 is 5.54. The van der Waals surface area contributed by atoms with E-state index in [9.17, 15) is 5.11 Å². The van der Waals surface area contributed by atoms with Crippen molar-refractivity contribution >= 4 is 5.96 Å². The number of guanidine groups is 1. The van der Waals surface area contributed by atoms with Crippen LogP contribution in [0.3, 0.4) is 0 Å². The van der Waals surface area contributed by atoms with Gasteiger partial charge in [-0.15, -0.1) is 0 Å². The molecule has 0 saturated carbocycles. The van der Waals surface area contributed by atoms with Gasteiger partial charge in [0.15, 0.2) is 5.96 Å². The van der Waals surface area contributed by atoms with Gasteiger partial charge in [0.25, 0.3) is 0 Å². The average Bonchev–Trinajstić information content (AvgIpc) is 2.91. The van der Waals surface area contributed by atoms with E-state index in [0.717, 1.165) is 55.5 Å². The van der Waals surface area contributed by atoms with Gasteiger partial charge in [-0.05, 0) is 74.0 Å². The molecule has 26 heavy (non-hydrogen) atoms. The third kappa shape index (κ3) is 7.38. The molecule has 0 fully saturated rings. The highest BCUT2D eigenvalue weighted by atomic mass is 16.3. The topological polar surface area (TPSA) is 73.0 Å². The lowest BCUT2D eigenvalue weighted by molar-refractivity contribution is 0.0657. The number of furan rings is 1. The SMILES string of the molecule is CCNC(=NCC(C)(O)c1cc(C)oc1C)NCCCCN(C)C(C)C. The first kappa shape index (κ1) is 22.5. The monoisotopic (exact) mass is 366 g/mol. The van der Waals surface area contributed by atoms with Gasteiger partial charge in [-0.1, -0.05) is 0 Å². The molecule has 0 radical (unpaired) electrons. The Morgan fingerprint density at radius 1 is 1.31 bits per heavy atom. The maximum absolute atomic E-state index is 10.8. The van der Waals surface area contributed by atoms with Gasteiger partial charge in [-0.25, -0.2) is 4.99 Å². The fraction of sp³-hybridized carbons (Fsp3) is 0.750. The number of aryl methyl sites for hydroxylation is 2. The fourth-order valence-corrected chi connectivity index (χ4v) is 2.78. The molecule has 1 aromatic heterocycles. The number of rotatable bonds is 10. The predicted octanol–water partition coefficient (Wildman–Crippen LogP) is 2.78. The maximum atomic E-state index is 10.8. The maximum Gasteiger partial charge on any atom is 0.191 e. The molecule has 1 aromatic rings. The molecule has 0 amide bonds. The minimum atomic E-state index is -1.05. The second-order valence-electron chi connectivity index (χ2n) is 7.50. The molecule has 0 aromatic carbocycles. The Labute approximate surface area is 159 Å². The van der Waals surface area contributed by atoms with E-state index in [4.69, 9.17) is 4.42 Å². The van der Waals surface area contributed by atoms with Crippen LogP contribution in [-0.2, 0) is 5.60 Å². The van der Waals surface area contributed by atoms with E-state index in [0.29, 0.717) is 6.04 Å². The van der Waals surface area contributed by atoms with Gasteiger partial charge in [0.05, 0.1) is 6.54 Å². The van der Waals surface area contributed by atoms with E-state index in [1.54, 1.807) is 6.92 Å². The molecule has 0 aliphatic rings. The van der Waals surface area contributed by atoms with Crippen LogP contribution in [0, 0.1) is 13.8 Å². The molecule has 0 aliphatic carbocycles. The second-order valence-corrected chi connectivity index (χ2v) is 7.50. The fourth-order valence-electron chi connectivity index (χ4n) is 2.78. The van der Waals surface area contributed by atoms with Crippen LogP contribution in [0.1, 0.15) is 57.6 Å². The smallest absolute Gasteiger partial charge is 0.191 e. The molecule has 0 bridgehead atoms. The van der Waals surface area contributed by atoms with Crippen molar-refractivity contribution in [2.24, 2.45) is 4.99 Å². The molecule has 3 N–H and O–H groups in total. The molecule has 1 rings (SSSR count). The van der Waals surface area contributed by atoms with Crippen LogP contribution >= 0.6 is 0 Å². The standard InChI is InChI=1S/C20H38N4O2/c1-8-21-19(22-11-9-10-12-24(7)15(2)3)23-14-20(6,25)18-13-16(4)26-17(18)5/h13,15,25H,8-12,14H2,1-7H3,(H2,21,22,23). The first-order valence-corrected chi connectivity index (χ1v) is 9.69. The van der Waals surface area contributed by atoms with Crippen LogP contribution in [0.15, 0.2) is 15.5 Å². The van der Waals surface area contributed by atoms with Crippen molar-refractivity contribution in [3.05, 3.63) is 23.2 Å². The quantitative estimate of drug-likeness (QED) is 0.337.